The molecule has 0 unspecified atom stereocenters. The van der Waals surface area contributed by atoms with Crippen LogP contribution in [0.4, 0.5) is 9.18 Å². The van der Waals surface area contributed by atoms with E-state index in [1.165, 1.54) is 13.2 Å². The van der Waals surface area contributed by atoms with E-state index in [9.17, 15) is 18.8 Å². The number of methoxy groups -OCH3 is 1. The second-order valence-electron chi connectivity index (χ2n) is 11.3. The van der Waals surface area contributed by atoms with Crippen molar-refractivity contribution in [2.24, 2.45) is 0 Å². The molecule has 1 saturated heterocycles. The molecule has 200 valence electrons. The summed E-state index contributed by atoms with van der Waals surface area (Å²) < 4.78 is 25.2. The van der Waals surface area contributed by atoms with Crippen molar-refractivity contribution in [1.82, 2.24) is 9.80 Å². The molecule has 0 aliphatic carbocycles. The summed E-state index contributed by atoms with van der Waals surface area (Å²) in [4.78, 5) is 42.3. The Labute approximate surface area is 219 Å². The minimum Gasteiger partial charge on any atom is -0.465 e. The molecule has 0 bridgehead atoms. The van der Waals surface area contributed by atoms with E-state index in [-0.39, 0.29) is 12.5 Å². The minimum atomic E-state index is -1.90. The van der Waals surface area contributed by atoms with Crippen LogP contribution in [0.25, 0.3) is 0 Å². The summed E-state index contributed by atoms with van der Waals surface area (Å²) >= 11 is 0. The number of ether oxygens (including phenoxy) is 2. The van der Waals surface area contributed by atoms with Crippen molar-refractivity contribution in [3.63, 3.8) is 0 Å². The summed E-state index contributed by atoms with van der Waals surface area (Å²) in [5, 5.41) is 0. The summed E-state index contributed by atoms with van der Waals surface area (Å²) in [7, 11) is -0.587. The van der Waals surface area contributed by atoms with Crippen molar-refractivity contribution in [3.8, 4) is 0 Å². The number of hydrogen-bond acceptors (Lipinski definition) is 5. The molecule has 0 spiro atoms. The molecule has 0 aromatic heterocycles. The van der Waals surface area contributed by atoms with Crippen LogP contribution in [0.5, 0.6) is 0 Å². The minimum absolute atomic E-state index is 0.177. The number of halogens is 1. The van der Waals surface area contributed by atoms with Gasteiger partial charge in [0.15, 0.2) is 0 Å². The van der Waals surface area contributed by atoms with Crippen LogP contribution in [0.2, 0.25) is 19.1 Å². The molecule has 2 atom stereocenters. The Balaban J connectivity index is 1.98. The molecule has 2 aromatic rings. The summed E-state index contributed by atoms with van der Waals surface area (Å²) in [6, 6.07) is 12.5. The number of hydrogen-bond donors (Lipinski definition) is 0. The molecule has 9 heteroatoms. The largest absolute Gasteiger partial charge is 0.465 e. The quantitative estimate of drug-likeness (QED) is 0.362. The lowest BCUT2D eigenvalue weighted by Crippen LogP contribution is -2.49. The highest BCUT2D eigenvalue weighted by Gasteiger charge is 2.48. The van der Waals surface area contributed by atoms with Crippen molar-refractivity contribution >= 4 is 26.0 Å². The Hall–Kier alpha value is -3.20. The summed E-state index contributed by atoms with van der Waals surface area (Å²) in [6.45, 7) is 11.6. The summed E-state index contributed by atoms with van der Waals surface area (Å²) in [5.41, 5.74) is 0.856. The average molecular weight is 529 g/mol. The van der Waals surface area contributed by atoms with Crippen LogP contribution in [-0.4, -0.2) is 60.8 Å². The number of nitrogens with zero attached hydrogens (tertiary/aromatic N) is 2. The third-order valence-electron chi connectivity index (χ3n) is 6.47. The number of amides is 2. The molecule has 1 aliphatic heterocycles. The third kappa shape index (κ3) is 6.97. The number of carbonyl (C=O) groups excluding carboxylic acids is 3. The summed E-state index contributed by atoms with van der Waals surface area (Å²) in [5.74, 6) is -1.11. The standard InChI is InChI=1S/C28H37FN2O5Si/c1-19(22-10-8-9-11-23(22)29)30(16-20-12-14-21(15-13-20)26(33)35-5)25(32)24-17-37(6,7)18-31(24)27(34)36-28(2,3)4/h8-15,19,24H,16-18H2,1-7H3/t19-,24+/m1/s1. The van der Waals surface area contributed by atoms with Gasteiger partial charge in [0.1, 0.15) is 17.5 Å². The second kappa shape index (κ2) is 11.0. The van der Waals surface area contributed by atoms with Crippen molar-refractivity contribution in [3.05, 3.63) is 71.0 Å². The fourth-order valence-corrected chi connectivity index (χ4v) is 7.48. The van der Waals surface area contributed by atoms with E-state index in [4.69, 9.17) is 9.47 Å². The van der Waals surface area contributed by atoms with Gasteiger partial charge in [-0.05, 0) is 57.5 Å². The van der Waals surface area contributed by atoms with Gasteiger partial charge in [-0.2, -0.15) is 0 Å². The first-order chi connectivity index (χ1) is 17.2. The Morgan fingerprint density at radius 3 is 2.30 bits per heavy atom. The Morgan fingerprint density at radius 2 is 1.73 bits per heavy atom. The first-order valence-corrected chi connectivity index (χ1v) is 15.9. The smallest absolute Gasteiger partial charge is 0.410 e. The zero-order valence-corrected chi connectivity index (χ0v) is 23.7. The predicted octanol–water partition coefficient (Wildman–Crippen LogP) is 5.57. The first kappa shape index (κ1) is 28.4. The van der Waals surface area contributed by atoms with Crippen LogP contribution < -0.4 is 0 Å². The highest BCUT2D eigenvalue weighted by molar-refractivity contribution is 6.79. The topological polar surface area (TPSA) is 76.2 Å². The molecule has 0 saturated carbocycles. The molecule has 3 rings (SSSR count). The first-order valence-electron chi connectivity index (χ1n) is 12.4. The van der Waals surface area contributed by atoms with Gasteiger partial charge in [-0.1, -0.05) is 43.4 Å². The highest BCUT2D eigenvalue weighted by Crippen LogP contribution is 2.33. The second-order valence-corrected chi connectivity index (χ2v) is 16.4. The van der Waals surface area contributed by atoms with Gasteiger partial charge in [-0.25, -0.2) is 14.0 Å². The molecule has 1 aliphatic rings. The number of rotatable bonds is 6. The van der Waals surface area contributed by atoms with Crippen LogP contribution in [0.3, 0.4) is 0 Å². The SMILES string of the molecule is COC(=O)c1ccc(CN(C(=O)[C@@H]2C[Si](C)(C)CN2C(=O)OC(C)(C)C)[C@H](C)c2ccccc2F)cc1. The van der Waals surface area contributed by atoms with E-state index in [1.807, 2.05) is 0 Å². The maximum atomic E-state index is 14.8. The Bertz CT molecular complexity index is 1150. The fraction of sp³-hybridized carbons (Fsp3) is 0.464. The maximum absolute atomic E-state index is 14.8. The van der Waals surface area contributed by atoms with Gasteiger partial charge in [0.25, 0.3) is 0 Å². The molecule has 2 aromatic carbocycles. The van der Waals surface area contributed by atoms with Gasteiger partial charge in [-0.3, -0.25) is 9.69 Å². The predicted molar refractivity (Wildman–Crippen MR) is 142 cm³/mol. The van der Waals surface area contributed by atoms with Crippen molar-refractivity contribution in [2.75, 3.05) is 13.3 Å². The average Bonchev–Trinajstić information content (AvgIpc) is 3.16. The number of benzene rings is 2. The molecule has 7 nitrogen and oxygen atoms in total. The third-order valence-corrected chi connectivity index (χ3v) is 9.16. The van der Waals surface area contributed by atoms with E-state index in [1.54, 1.807) is 80.0 Å². The molecule has 2 amide bonds. The van der Waals surface area contributed by atoms with Gasteiger partial charge in [-0.15, -0.1) is 0 Å². The molecule has 1 fully saturated rings. The Morgan fingerprint density at radius 1 is 1.11 bits per heavy atom. The maximum Gasteiger partial charge on any atom is 0.410 e. The van der Waals surface area contributed by atoms with E-state index in [0.717, 1.165) is 5.56 Å². The molecule has 0 N–H and O–H groups in total. The van der Waals surface area contributed by atoms with Gasteiger partial charge in [0, 0.05) is 18.3 Å². The van der Waals surface area contributed by atoms with Crippen molar-refractivity contribution < 1.29 is 28.2 Å². The van der Waals surface area contributed by atoms with Crippen molar-refractivity contribution in [2.45, 2.75) is 71.1 Å². The number of esters is 1. The molecule has 1 heterocycles. The van der Waals surface area contributed by atoms with E-state index < -0.39 is 43.6 Å². The lowest BCUT2D eigenvalue weighted by atomic mass is 10.0. The molecular weight excluding hydrogens is 491 g/mol. The lowest BCUT2D eigenvalue weighted by Gasteiger charge is -2.35. The van der Waals surface area contributed by atoms with Crippen LogP contribution in [0.1, 0.15) is 55.2 Å². The lowest BCUT2D eigenvalue weighted by molar-refractivity contribution is -0.138. The van der Waals surface area contributed by atoms with Gasteiger partial charge < -0.3 is 14.4 Å². The fourth-order valence-electron chi connectivity index (χ4n) is 4.64. The van der Waals surface area contributed by atoms with Crippen LogP contribution in [0, 0.1) is 5.82 Å². The molecule has 0 radical (unpaired) electrons. The van der Waals surface area contributed by atoms with E-state index in [2.05, 4.69) is 13.1 Å². The van der Waals surface area contributed by atoms with E-state index >= 15 is 0 Å². The zero-order chi connectivity index (χ0) is 27.5. The van der Waals surface area contributed by atoms with Gasteiger partial charge in [0.05, 0.1) is 26.8 Å². The zero-order valence-electron chi connectivity index (χ0n) is 22.7. The number of carbonyl (C=O) groups is 3. The van der Waals surface area contributed by atoms with E-state index in [0.29, 0.717) is 23.3 Å². The normalized spacial score (nSPS) is 17.7. The summed E-state index contributed by atoms with van der Waals surface area (Å²) in [6.07, 6.45) is -0.00140. The van der Waals surface area contributed by atoms with Crippen LogP contribution >= 0.6 is 0 Å². The Kier molecular flexibility index (Phi) is 8.47. The molecular formula is C28H37FN2O5Si. The van der Waals surface area contributed by atoms with Gasteiger partial charge in [0.2, 0.25) is 5.91 Å². The monoisotopic (exact) mass is 528 g/mol. The van der Waals surface area contributed by atoms with Crippen LogP contribution in [-0.2, 0) is 20.8 Å². The van der Waals surface area contributed by atoms with Crippen molar-refractivity contribution in [1.29, 1.82) is 0 Å². The highest BCUT2D eigenvalue weighted by atomic mass is 28.3. The van der Waals surface area contributed by atoms with Gasteiger partial charge >= 0.3 is 12.1 Å². The molecule has 37 heavy (non-hydrogen) atoms. The van der Waals surface area contributed by atoms with Crippen LogP contribution in [0.15, 0.2) is 48.5 Å².